The molecule has 0 radical (unpaired) electrons. The van der Waals surface area contributed by atoms with Gasteiger partial charge in [0.05, 0.1) is 13.2 Å². The highest BCUT2D eigenvalue weighted by atomic mass is 16.5. The first-order valence-corrected chi connectivity index (χ1v) is 10.0. The van der Waals surface area contributed by atoms with E-state index in [4.69, 9.17) is 4.74 Å². The first-order chi connectivity index (χ1) is 14.0. The number of hydrogen-bond acceptors (Lipinski definition) is 3. The van der Waals surface area contributed by atoms with Gasteiger partial charge in [-0.2, -0.15) is 0 Å². The second-order valence-corrected chi connectivity index (χ2v) is 7.42. The number of nitrogens with one attached hydrogen (secondary N) is 1. The van der Waals surface area contributed by atoms with Crippen LogP contribution in [0.1, 0.15) is 47.3 Å². The van der Waals surface area contributed by atoms with E-state index in [9.17, 15) is 9.59 Å². The second-order valence-electron chi connectivity index (χ2n) is 7.42. The standard InChI is InChI=1S/C23H29N3O3/c1-17(20-7-6-8-21(15-20)29-3)25(2)23(28)24-16-18-9-11-19(12-10-18)22(27)26-13-4-5-14-26/h6-12,15,17H,4-5,13-14,16H2,1-3H3,(H,24,28)/t17-/m0/s1. The molecule has 1 aliphatic heterocycles. The van der Waals surface area contributed by atoms with Gasteiger partial charge in [0.1, 0.15) is 5.75 Å². The summed E-state index contributed by atoms with van der Waals surface area (Å²) in [4.78, 5) is 28.5. The number of benzene rings is 2. The zero-order valence-corrected chi connectivity index (χ0v) is 17.4. The fourth-order valence-corrected chi connectivity index (χ4v) is 3.47. The van der Waals surface area contributed by atoms with E-state index in [2.05, 4.69) is 5.32 Å². The predicted octanol–water partition coefficient (Wildman–Crippen LogP) is 3.83. The third-order valence-corrected chi connectivity index (χ3v) is 5.52. The lowest BCUT2D eigenvalue weighted by molar-refractivity contribution is 0.0792. The summed E-state index contributed by atoms with van der Waals surface area (Å²) in [6, 6.07) is 14.9. The molecule has 1 N–H and O–H groups in total. The van der Waals surface area contributed by atoms with Crippen molar-refractivity contribution in [1.29, 1.82) is 0 Å². The van der Waals surface area contributed by atoms with Crippen LogP contribution < -0.4 is 10.1 Å². The second kappa shape index (κ2) is 9.45. The fourth-order valence-electron chi connectivity index (χ4n) is 3.47. The van der Waals surface area contributed by atoms with Crippen molar-refractivity contribution in [1.82, 2.24) is 15.1 Å². The largest absolute Gasteiger partial charge is 0.497 e. The molecule has 29 heavy (non-hydrogen) atoms. The molecule has 0 spiro atoms. The minimum absolute atomic E-state index is 0.0879. The number of nitrogens with zero attached hydrogens (tertiary/aromatic N) is 2. The van der Waals surface area contributed by atoms with Gasteiger partial charge in [0.15, 0.2) is 0 Å². The van der Waals surface area contributed by atoms with Gasteiger partial charge in [-0.25, -0.2) is 4.79 Å². The molecule has 154 valence electrons. The van der Waals surface area contributed by atoms with Crippen LogP contribution in [-0.4, -0.2) is 49.0 Å². The SMILES string of the molecule is COc1cccc([C@H](C)N(C)C(=O)NCc2ccc(C(=O)N3CCCC3)cc2)c1. The van der Waals surface area contributed by atoms with E-state index < -0.39 is 0 Å². The van der Waals surface area contributed by atoms with Crippen LogP contribution in [0.25, 0.3) is 0 Å². The number of amides is 3. The van der Waals surface area contributed by atoms with Gasteiger partial charge in [0.25, 0.3) is 5.91 Å². The molecule has 1 atom stereocenters. The number of carbonyl (C=O) groups is 2. The first kappa shape index (κ1) is 20.7. The molecule has 0 aliphatic carbocycles. The topological polar surface area (TPSA) is 61.9 Å². The van der Waals surface area contributed by atoms with Crippen molar-refractivity contribution >= 4 is 11.9 Å². The molecule has 1 fully saturated rings. The first-order valence-electron chi connectivity index (χ1n) is 10.0. The zero-order chi connectivity index (χ0) is 20.8. The maximum absolute atomic E-state index is 12.6. The van der Waals surface area contributed by atoms with Crippen LogP contribution in [0.3, 0.4) is 0 Å². The van der Waals surface area contributed by atoms with Crippen LogP contribution in [0.2, 0.25) is 0 Å². The Balaban J connectivity index is 1.54. The smallest absolute Gasteiger partial charge is 0.317 e. The van der Waals surface area contributed by atoms with E-state index in [1.807, 2.05) is 60.4 Å². The minimum atomic E-state index is -0.155. The number of rotatable bonds is 6. The molecule has 0 bridgehead atoms. The van der Waals surface area contributed by atoms with Gasteiger partial charge in [-0.3, -0.25) is 4.79 Å². The molecular weight excluding hydrogens is 366 g/mol. The van der Waals surface area contributed by atoms with E-state index in [1.165, 1.54) is 0 Å². The van der Waals surface area contributed by atoms with Gasteiger partial charge in [0, 0.05) is 32.2 Å². The van der Waals surface area contributed by atoms with Crippen LogP contribution in [0, 0.1) is 0 Å². The Morgan fingerprint density at radius 2 is 1.83 bits per heavy atom. The highest BCUT2D eigenvalue weighted by Crippen LogP contribution is 2.23. The molecule has 3 rings (SSSR count). The lowest BCUT2D eigenvalue weighted by atomic mass is 10.1. The summed E-state index contributed by atoms with van der Waals surface area (Å²) in [5, 5.41) is 2.94. The van der Waals surface area contributed by atoms with E-state index in [0.29, 0.717) is 12.1 Å². The van der Waals surface area contributed by atoms with Gasteiger partial charge >= 0.3 is 6.03 Å². The van der Waals surface area contributed by atoms with E-state index >= 15 is 0 Å². The minimum Gasteiger partial charge on any atom is -0.497 e. The summed E-state index contributed by atoms with van der Waals surface area (Å²) in [5.74, 6) is 0.858. The highest BCUT2D eigenvalue weighted by molar-refractivity contribution is 5.94. The molecule has 0 unspecified atom stereocenters. The molecule has 1 heterocycles. The Bertz CT molecular complexity index is 845. The molecule has 1 aliphatic rings. The monoisotopic (exact) mass is 395 g/mol. The van der Waals surface area contributed by atoms with Gasteiger partial charge in [0.2, 0.25) is 0 Å². The summed E-state index contributed by atoms with van der Waals surface area (Å²) >= 11 is 0. The van der Waals surface area contributed by atoms with Crippen LogP contribution in [0.4, 0.5) is 4.79 Å². The van der Waals surface area contributed by atoms with Crippen LogP contribution in [0.5, 0.6) is 5.75 Å². The van der Waals surface area contributed by atoms with E-state index in [1.54, 1.807) is 19.1 Å². The number of urea groups is 1. The summed E-state index contributed by atoms with van der Waals surface area (Å²) in [7, 11) is 3.40. The molecule has 6 nitrogen and oxygen atoms in total. The average molecular weight is 396 g/mol. The Hall–Kier alpha value is -3.02. The summed E-state index contributed by atoms with van der Waals surface area (Å²) in [6.45, 7) is 4.07. The molecule has 6 heteroatoms. The third-order valence-electron chi connectivity index (χ3n) is 5.52. The van der Waals surface area contributed by atoms with Crippen molar-refractivity contribution in [2.24, 2.45) is 0 Å². The molecule has 3 amide bonds. The lowest BCUT2D eigenvalue weighted by Gasteiger charge is -2.26. The van der Waals surface area contributed by atoms with Crippen LogP contribution >= 0.6 is 0 Å². The average Bonchev–Trinajstić information content (AvgIpc) is 3.31. The molecular formula is C23H29N3O3. The number of carbonyl (C=O) groups excluding carboxylic acids is 2. The third kappa shape index (κ3) is 5.08. The molecule has 1 saturated heterocycles. The van der Waals surface area contributed by atoms with Gasteiger partial charge in [-0.05, 0) is 55.2 Å². The normalized spacial score (nSPS) is 14.4. The number of hydrogen-bond donors (Lipinski definition) is 1. The molecule has 2 aromatic carbocycles. The summed E-state index contributed by atoms with van der Waals surface area (Å²) in [5.41, 5.74) is 2.66. The van der Waals surface area contributed by atoms with E-state index in [0.717, 1.165) is 42.8 Å². The maximum atomic E-state index is 12.6. The van der Waals surface area contributed by atoms with Crippen LogP contribution in [-0.2, 0) is 6.54 Å². The molecule has 2 aromatic rings. The summed E-state index contributed by atoms with van der Waals surface area (Å²) in [6.07, 6.45) is 2.16. The quantitative estimate of drug-likeness (QED) is 0.809. The number of methoxy groups -OCH3 is 1. The predicted molar refractivity (Wildman–Crippen MR) is 113 cm³/mol. The van der Waals surface area contributed by atoms with Crippen molar-refractivity contribution in [2.75, 3.05) is 27.2 Å². The van der Waals surface area contributed by atoms with Crippen molar-refractivity contribution in [3.05, 3.63) is 65.2 Å². The van der Waals surface area contributed by atoms with Gasteiger partial charge in [-0.15, -0.1) is 0 Å². The van der Waals surface area contributed by atoms with Gasteiger partial charge in [-0.1, -0.05) is 24.3 Å². The zero-order valence-electron chi connectivity index (χ0n) is 17.4. The Labute approximate surface area is 172 Å². The van der Waals surface area contributed by atoms with Crippen molar-refractivity contribution in [3.8, 4) is 5.75 Å². The maximum Gasteiger partial charge on any atom is 0.317 e. The highest BCUT2D eigenvalue weighted by Gasteiger charge is 2.20. The van der Waals surface area contributed by atoms with E-state index in [-0.39, 0.29) is 18.0 Å². The molecule has 0 aromatic heterocycles. The molecule has 0 saturated carbocycles. The van der Waals surface area contributed by atoms with Crippen molar-refractivity contribution in [2.45, 2.75) is 32.4 Å². The Morgan fingerprint density at radius 1 is 1.14 bits per heavy atom. The van der Waals surface area contributed by atoms with Crippen molar-refractivity contribution < 1.29 is 14.3 Å². The summed E-state index contributed by atoms with van der Waals surface area (Å²) < 4.78 is 5.26. The lowest BCUT2D eigenvalue weighted by Crippen LogP contribution is -2.38. The Kier molecular flexibility index (Phi) is 6.75. The van der Waals surface area contributed by atoms with Crippen molar-refractivity contribution in [3.63, 3.8) is 0 Å². The fraction of sp³-hybridized carbons (Fsp3) is 0.391. The van der Waals surface area contributed by atoms with Crippen LogP contribution in [0.15, 0.2) is 48.5 Å². The van der Waals surface area contributed by atoms with Gasteiger partial charge < -0.3 is 19.9 Å². The number of ether oxygens (including phenoxy) is 1. The number of likely N-dealkylation sites (tertiary alicyclic amines) is 1. The Morgan fingerprint density at radius 3 is 2.48 bits per heavy atom.